The second kappa shape index (κ2) is 7.51. The first-order chi connectivity index (χ1) is 8.74. The summed E-state index contributed by atoms with van der Waals surface area (Å²) in [4.78, 5) is 4.58. The van der Waals surface area contributed by atoms with Gasteiger partial charge in [-0.3, -0.25) is 4.99 Å². The van der Waals surface area contributed by atoms with E-state index < -0.39 is 0 Å². The van der Waals surface area contributed by atoms with Gasteiger partial charge >= 0.3 is 0 Å². The fourth-order valence-corrected chi connectivity index (χ4v) is 2.34. The van der Waals surface area contributed by atoms with E-state index in [0.29, 0.717) is 0 Å². The highest BCUT2D eigenvalue weighted by Crippen LogP contribution is 2.22. The van der Waals surface area contributed by atoms with Crippen LogP contribution in [0, 0.1) is 13.8 Å². The molecule has 1 aromatic carbocycles. The third-order valence-electron chi connectivity index (χ3n) is 3.53. The summed E-state index contributed by atoms with van der Waals surface area (Å²) in [5, 5.41) is 7.00. The molecular weight excluding hydrogens is 258 g/mol. The highest BCUT2D eigenvalue weighted by Gasteiger charge is 2.21. The fraction of sp³-hybridized carbons (Fsp3) is 0.533. The number of amidine groups is 1. The zero-order chi connectivity index (χ0) is 13.0. The largest absolute Gasteiger partial charge is 0.370 e. The monoisotopic (exact) mass is 281 g/mol. The van der Waals surface area contributed by atoms with Gasteiger partial charge in [-0.2, -0.15) is 0 Å². The maximum atomic E-state index is 4.58. The molecule has 1 atom stereocenters. The molecule has 19 heavy (non-hydrogen) atoms. The van der Waals surface area contributed by atoms with Crippen LogP contribution in [0.4, 0.5) is 0 Å². The molecule has 1 aromatic rings. The minimum atomic E-state index is 0. The van der Waals surface area contributed by atoms with E-state index in [1.54, 1.807) is 0 Å². The van der Waals surface area contributed by atoms with Gasteiger partial charge in [0.1, 0.15) is 5.84 Å². The average Bonchev–Trinajstić information content (AvgIpc) is 2.88. The molecule has 0 bridgehead atoms. The van der Waals surface area contributed by atoms with Crippen LogP contribution in [0.25, 0.3) is 0 Å². The van der Waals surface area contributed by atoms with Crippen molar-refractivity contribution in [3.63, 3.8) is 0 Å². The van der Waals surface area contributed by atoms with Gasteiger partial charge in [0.05, 0.1) is 12.6 Å². The van der Waals surface area contributed by atoms with Gasteiger partial charge in [0.15, 0.2) is 0 Å². The third-order valence-corrected chi connectivity index (χ3v) is 3.53. The molecule has 2 rings (SSSR count). The first kappa shape index (κ1) is 16.0. The lowest BCUT2D eigenvalue weighted by Crippen LogP contribution is -2.36. The Morgan fingerprint density at radius 1 is 1.37 bits per heavy atom. The number of rotatable bonds is 5. The summed E-state index contributed by atoms with van der Waals surface area (Å²) in [6, 6.07) is 6.72. The standard InChI is InChI=1S/C15H23N3.ClH/c1-4-8-16-14(15-17-9-10-18-15)13-7-5-6-11(2)12(13)3;/h5-7,14,16H,4,8-10H2,1-3H3,(H,17,18);1H. The van der Waals surface area contributed by atoms with Crippen LogP contribution in [-0.4, -0.2) is 25.5 Å². The van der Waals surface area contributed by atoms with Crippen LogP contribution in [0.3, 0.4) is 0 Å². The van der Waals surface area contributed by atoms with Crippen molar-refractivity contribution < 1.29 is 0 Å². The molecule has 0 amide bonds. The molecule has 0 fully saturated rings. The number of hydrogen-bond donors (Lipinski definition) is 2. The predicted octanol–water partition coefficient (Wildman–Crippen LogP) is 2.77. The van der Waals surface area contributed by atoms with Gasteiger partial charge in [-0.25, -0.2) is 0 Å². The van der Waals surface area contributed by atoms with E-state index in [1.807, 2.05) is 0 Å². The van der Waals surface area contributed by atoms with Crippen molar-refractivity contribution in [3.05, 3.63) is 34.9 Å². The second-order valence-electron chi connectivity index (χ2n) is 4.87. The molecule has 1 heterocycles. The SMILES string of the molecule is CCCNC(C1=NCCN1)c1cccc(C)c1C.Cl. The Bertz CT molecular complexity index is 443. The zero-order valence-electron chi connectivity index (χ0n) is 12.0. The lowest BCUT2D eigenvalue weighted by Gasteiger charge is -2.22. The average molecular weight is 282 g/mol. The first-order valence-corrected chi connectivity index (χ1v) is 6.81. The lowest BCUT2D eigenvalue weighted by atomic mass is 9.96. The van der Waals surface area contributed by atoms with E-state index in [4.69, 9.17) is 0 Å². The summed E-state index contributed by atoms with van der Waals surface area (Å²) >= 11 is 0. The molecule has 4 heteroatoms. The summed E-state index contributed by atoms with van der Waals surface area (Å²) in [7, 11) is 0. The van der Waals surface area contributed by atoms with Crippen LogP contribution in [-0.2, 0) is 0 Å². The van der Waals surface area contributed by atoms with Crippen LogP contribution < -0.4 is 10.6 Å². The van der Waals surface area contributed by atoms with Crippen LogP contribution in [0.15, 0.2) is 23.2 Å². The minimum absolute atomic E-state index is 0. The third kappa shape index (κ3) is 3.71. The molecule has 0 spiro atoms. The molecule has 1 unspecified atom stereocenters. The number of aryl methyl sites for hydroxylation is 1. The number of nitrogens with one attached hydrogen (secondary N) is 2. The fourth-order valence-electron chi connectivity index (χ4n) is 2.34. The summed E-state index contributed by atoms with van der Waals surface area (Å²) in [5.41, 5.74) is 4.05. The number of halogens is 1. The normalized spacial score (nSPS) is 15.4. The Morgan fingerprint density at radius 3 is 2.79 bits per heavy atom. The summed E-state index contributed by atoms with van der Waals surface area (Å²) in [6.45, 7) is 9.42. The maximum Gasteiger partial charge on any atom is 0.118 e. The van der Waals surface area contributed by atoms with Gasteiger partial charge < -0.3 is 10.6 Å². The number of hydrogen-bond acceptors (Lipinski definition) is 3. The number of nitrogens with zero attached hydrogens (tertiary/aromatic N) is 1. The van der Waals surface area contributed by atoms with Gasteiger partial charge in [0.2, 0.25) is 0 Å². The molecular formula is C15H24ClN3. The number of benzene rings is 1. The van der Waals surface area contributed by atoms with E-state index in [9.17, 15) is 0 Å². The van der Waals surface area contributed by atoms with E-state index >= 15 is 0 Å². The quantitative estimate of drug-likeness (QED) is 0.871. The van der Waals surface area contributed by atoms with Crippen molar-refractivity contribution >= 4 is 18.2 Å². The van der Waals surface area contributed by atoms with E-state index in [0.717, 1.165) is 31.9 Å². The molecule has 0 aromatic heterocycles. The van der Waals surface area contributed by atoms with Crippen LogP contribution in [0.2, 0.25) is 0 Å². The van der Waals surface area contributed by atoms with Gasteiger partial charge in [-0.05, 0) is 43.5 Å². The van der Waals surface area contributed by atoms with Gasteiger partial charge in [-0.15, -0.1) is 12.4 Å². The summed E-state index contributed by atoms with van der Waals surface area (Å²) < 4.78 is 0. The molecule has 0 saturated heterocycles. The zero-order valence-corrected chi connectivity index (χ0v) is 12.8. The summed E-state index contributed by atoms with van der Waals surface area (Å²) in [6.07, 6.45) is 1.13. The van der Waals surface area contributed by atoms with Crippen LogP contribution in [0.1, 0.15) is 36.1 Å². The Balaban J connectivity index is 0.00000180. The first-order valence-electron chi connectivity index (χ1n) is 6.81. The topological polar surface area (TPSA) is 36.4 Å². The highest BCUT2D eigenvalue weighted by atomic mass is 35.5. The minimum Gasteiger partial charge on any atom is -0.370 e. The van der Waals surface area contributed by atoms with E-state index in [-0.39, 0.29) is 18.4 Å². The smallest absolute Gasteiger partial charge is 0.118 e. The summed E-state index contributed by atoms with van der Waals surface area (Å²) in [5.74, 6) is 1.09. The van der Waals surface area contributed by atoms with Crippen molar-refractivity contribution in [2.75, 3.05) is 19.6 Å². The molecule has 2 N–H and O–H groups in total. The Hall–Kier alpha value is -1.06. The molecule has 1 aliphatic heterocycles. The molecule has 106 valence electrons. The van der Waals surface area contributed by atoms with Crippen LogP contribution in [0.5, 0.6) is 0 Å². The van der Waals surface area contributed by atoms with Crippen molar-refractivity contribution in [1.82, 2.24) is 10.6 Å². The molecule has 0 saturated carbocycles. The van der Waals surface area contributed by atoms with E-state index in [2.05, 4.69) is 54.6 Å². The molecule has 0 aliphatic carbocycles. The Morgan fingerprint density at radius 2 is 2.16 bits per heavy atom. The van der Waals surface area contributed by atoms with Gasteiger partial charge in [0, 0.05) is 6.54 Å². The van der Waals surface area contributed by atoms with Crippen molar-refractivity contribution in [3.8, 4) is 0 Å². The highest BCUT2D eigenvalue weighted by molar-refractivity contribution is 5.90. The van der Waals surface area contributed by atoms with Crippen molar-refractivity contribution in [1.29, 1.82) is 0 Å². The second-order valence-corrected chi connectivity index (χ2v) is 4.87. The van der Waals surface area contributed by atoms with Gasteiger partial charge in [-0.1, -0.05) is 25.1 Å². The molecule has 3 nitrogen and oxygen atoms in total. The predicted molar refractivity (Wildman–Crippen MR) is 84.5 cm³/mol. The number of aliphatic imine (C=N–C) groups is 1. The Kier molecular flexibility index (Phi) is 6.32. The van der Waals surface area contributed by atoms with E-state index in [1.165, 1.54) is 16.7 Å². The molecule has 0 radical (unpaired) electrons. The maximum absolute atomic E-state index is 4.58. The Labute approximate surface area is 122 Å². The van der Waals surface area contributed by atoms with Crippen molar-refractivity contribution in [2.24, 2.45) is 4.99 Å². The lowest BCUT2D eigenvalue weighted by molar-refractivity contribution is 0.624. The van der Waals surface area contributed by atoms with Gasteiger partial charge in [0.25, 0.3) is 0 Å². The van der Waals surface area contributed by atoms with Crippen molar-refractivity contribution in [2.45, 2.75) is 33.2 Å². The molecule has 1 aliphatic rings. The van der Waals surface area contributed by atoms with Crippen LogP contribution >= 0.6 is 12.4 Å².